The molecular formula is C26H34ClF6N7O4S. The predicted octanol–water partition coefficient (Wildman–Crippen LogP) is 4.26. The van der Waals surface area contributed by atoms with E-state index in [1.807, 2.05) is 0 Å². The van der Waals surface area contributed by atoms with Crippen molar-refractivity contribution < 1.29 is 44.6 Å². The Morgan fingerprint density at radius 2 is 1.82 bits per heavy atom. The van der Waals surface area contributed by atoms with Gasteiger partial charge in [-0.2, -0.15) is 31.3 Å². The van der Waals surface area contributed by atoms with Crippen LogP contribution in [0.2, 0.25) is 5.02 Å². The molecule has 3 atom stereocenters. The van der Waals surface area contributed by atoms with Crippen LogP contribution in [0.3, 0.4) is 0 Å². The zero-order valence-corrected chi connectivity index (χ0v) is 25.9. The molecule has 0 saturated heterocycles. The van der Waals surface area contributed by atoms with Gasteiger partial charge in [0.05, 0.1) is 18.1 Å². The molecule has 0 spiro atoms. The van der Waals surface area contributed by atoms with Crippen molar-refractivity contribution in [2.45, 2.75) is 62.8 Å². The topological polar surface area (TPSA) is 132 Å². The van der Waals surface area contributed by atoms with Crippen molar-refractivity contribution in [3.05, 3.63) is 28.9 Å². The third kappa shape index (κ3) is 10.1. The molecule has 1 aliphatic carbocycles. The first-order chi connectivity index (χ1) is 20.9. The number of fused-ring (bicyclic) bond motifs is 1. The lowest BCUT2D eigenvalue weighted by Gasteiger charge is -2.32. The van der Waals surface area contributed by atoms with Crippen molar-refractivity contribution in [2.24, 2.45) is 0 Å². The fraction of sp³-hybridized carbons (Fsp3) is 0.615. The third-order valence-corrected chi connectivity index (χ3v) is 8.39. The molecule has 2 aromatic rings. The molecule has 1 fully saturated rings. The minimum Gasteiger partial charge on any atom is -0.482 e. The number of aliphatic hydroxyl groups is 1. The van der Waals surface area contributed by atoms with Gasteiger partial charge in [0.15, 0.2) is 18.5 Å². The Balaban J connectivity index is 1.63. The van der Waals surface area contributed by atoms with E-state index in [0.29, 0.717) is 24.1 Å². The number of hydrogen-bond donors (Lipinski definition) is 4. The summed E-state index contributed by atoms with van der Waals surface area (Å²) in [6.07, 6.45) is -6.89. The van der Waals surface area contributed by atoms with E-state index in [4.69, 9.17) is 16.3 Å². The molecule has 1 unspecified atom stereocenters. The standard InChI is InChI=1S/C26H34ClF6N7O4S/c1-39-7-8-40(13-22(41)26(31,32)33)12-15-9-21(44-14-25(28,29)30)19(10-20(15)39)36-24-34-11-16(27)23(37-24)35-17-5-3-4-6-18(17)38-45(2,42)43/h9-11,17-18,22,38,41H,3-8,12-14H2,1-2H3,(H2,34,35,36,37)/t17-,18-,22?/m1/s1. The van der Waals surface area contributed by atoms with Crippen molar-refractivity contribution >= 4 is 44.8 Å². The maximum atomic E-state index is 13.2. The van der Waals surface area contributed by atoms with Gasteiger partial charge in [-0.15, -0.1) is 0 Å². The SMILES string of the molecule is CN1CCN(CC(O)C(F)(F)F)Cc2cc(OCC(F)(F)F)c(Nc3ncc(Cl)c(N[C@@H]4CCCC[C@H]4NS(C)(=O)=O)n3)cc21. The minimum absolute atomic E-state index is 0.0520. The van der Waals surface area contributed by atoms with E-state index < -0.39 is 47.7 Å². The number of aromatic nitrogens is 2. The van der Waals surface area contributed by atoms with E-state index in [1.165, 1.54) is 23.2 Å². The van der Waals surface area contributed by atoms with Gasteiger partial charge in [-0.25, -0.2) is 18.1 Å². The first-order valence-corrected chi connectivity index (χ1v) is 16.2. The van der Waals surface area contributed by atoms with Crippen LogP contribution in [0.1, 0.15) is 31.2 Å². The molecule has 2 aliphatic rings. The molecule has 252 valence electrons. The number of anilines is 4. The van der Waals surface area contributed by atoms with Crippen molar-refractivity contribution in [1.82, 2.24) is 19.6 Å². The van der Waals surface area contributed by atoms with E-state index in [0.717, 1.165) is 19.1 Å². The Hall–Kier alpha value is -2.80. The highest BCUT2D eigenvalue weighted by atomic mass is 35.5. The molecular weight excluding hydrogens is 656 g/mol. The molecule has 0 radical (unpaired) electrons. The van der Waals surface area contributed by atoms with Gasteiger partial charge in [-0.05, 0) is 30.5 Å². The maximum absolute atomic E-state index is 13.2. The van der Waals surface area contributed by atoms with E-state index in [1.54, 1.807) is 11.9 Å². The highest BCUT2D eigenvalue weighted by Crippen LogP contribution is 2.38. The highest BCUT2D eigenvalue weighted by Gasteiger charge is 2.39. The third-order valence-electron chi connectivity index (χ3n) is 7.38. The number of likely N-dealkylation sites (N-methyl/N-ethyl adjacent to an activating group) is 1. The van der Waals surface area contributed by atoms with Crippen LogP contribution in [0.4, 0.5) is 49.5 Å². The summed E-state index contributed by atoms with van der Waals surface area (Å²) in [6, 6.07) is 2.02. The second-order valence-electron chi connectivity index (χ2n) is 11.1. The number of alkyl halides is 6. The number of β-amino-alcohol motifs (C(OH)–C–C–N with tert-alkyl or cyclic N) is 1. The lowest BCUT2D eigenvalue weighted by atomic mass is 9.91. The van der Waals surface area contributed by atoms with E-state index in [2.05, 4.69) is 25.3 Å². The van der Waals surface area contributed by atoms with Crippen LogP contribution < -0.4 is 25.0 Å². The first kappa shape index (κ1) is 35.1. The monoisotopic (exact) mass is 689 g/mol. The summed E-state index contributed by atoms with van der Waals surface area (Å²) in [5.41, 5.74) is 0.939. The van der Waals surface area contributed by atoms with Crippen LogP contribution >= 0.6 is 11.6 Å². The Labute approximate surface area is 261 Å². The quantitative estimate of drug-likeness (QED) is 0.269. The Bertz CT molecular complexity index is 1450. The lowest BCUT2D eigenvalue weighted by molar-refractivity contribution is -0.208. The number of ether oxygens (including phenoxy) is 1. The van der Waals surface area contributed by atoms with Crippen LogP contribution in [0, 0.1) is 0 Å². The van der Waals surface area contributed by atoms with E-state index in [-0.39, 0.29) is 53.9 Å². The van der Waals surface area contributed by atoms with Gasteiger partial charge in [0.25, 0.3) is 0 Å². The second kappa shape index (κ2) is 13.9. The molecule has 19 heteroatoms. The molecule has 0 amide bonds. The molecule has 1 aromatic heterocycles. The summed E-state index contributed by atoms with van der Waals surface area (Å²) in [4.78, 5) is 11.6. The van der Waals surface area contributed by atoms with Crippen LogP contribution in [-0.4, -0.2) is 98.5 Å². The largest absolute Gasteiger partial charge is 0.482 e. The summed E-state index contributed by atoms with van der Waals surface area (Å²) < 4.78 is 110. The van der Waals surface area contributed by atoms with Crippen LogP contribution in [0.25, 0.3) is 0 Å². The van der Waals surface area contributed by atoms with Crippen LogP contribution in [-0.2, 0) is 16.6 Å². The molecule has 11 nitrogen and oxygen atoms in total. The van der Waals surface area contributed by atoms with Gasteiger partial charge in [0, 0.05) is 51.0 Å². The average Bonchev–Trinajstić information content (AvgIpc) is 3.06. The van der Waals surface area contributed by atoms with Gasteiger partial charge >= 0.3 is 12.4 Å². The molecule has 2 heterocycles. The van der Waals surface area contributed by atoms with Crippen LogP contribution in [0.5, 0.6) is 5.75 Å². The average molecular weight is 690 g/mol. The lowest BCUT2D eigenvalue weighted by Crippen LogP contribution is -2.48. The number of nitrogens with zero attached hydrogens (tertiary/aromatic N) is 4. The van der Waals surface area contributed by atoms with Gasteiger partial charge in [0.2, 0.25) is 16.0 Å². The van der Waals surface area contributed by atoms with E-state index in [9.17, 15) is 39.9 Å². The summed E-state index contributed by atoms with van der Waals surface area (Å²) in [6.45, 7) is -2.05. The molecule has 1 aromatic carbocycles. The summed E-state index contributed by atoms with van der Waals surface area (Å²) in [7, 11) is -1.82. The number of nitrogens with one attached hydrogen (secondary N) is 3. The highest BCUT2D eigenvalue weighted by molar-refractivity contribution is 7.88. The zero-order valence-electron chi connectivity index (χ0n) is 24.3. The van der Waals surface area contributed by atoms with Gasteiger partial charge in [0.1, 0.15) is 10.8 Å². The molecule has 0 bridgehead atoms. The number of rotatable bonds is 10. The smallest absolute Gasteiger partial charge is 0.422 e. The summed E-state index contributed by atoms with van der Waals surface area (Å²) in [5, 5.41) is 15.7. The Kier molecular flexibility index (Phi) is 10.8. The second-order valence-corrected chi connectivity index (χ2v) is 13.3. The van der Waals surface area contributed by atoms with Crippen molar-refractivity contribution in [3.8, 4) is 5.75 Å². The molecule has 4 rings (SSSR count). The fourth-order valence-corrected chi connectivity index (χ4v) is 6.23. The van der Waals surface area contributed by atoms with Crippen LogP contribution in [0.15, 0.2) is 18.3 Å². The zero-order chi connectivity index (χ0) is 33.2. The van der Waals surface area contributed by atoms with Crippen molar-refractivity contribution in [3.63, 3.8) is 0 Å². The predicted molar refractivity (Wildman–Crippen MR) is 157 cm³/mol. The maximum Gasteiger partial charge on any atom is 0.422 e. The summed E-state index contributed by atoms with van der Waals surface area (Å²) >= 11 is 6.34. The number of hydrogen-bond acceptors (Lipinski definition) is 10. The molecule has 45 heavy (non-hydrogen) atoms. The van der Waals surface area contributed by atoms with Crippen molar-refractivity contribution in [1.29, 1.82) is 0 Å². The molecule has 1 saturated carbocycles. The number of sulfonamides is 1. The first-order valence-electron chi connectivity index (χ1n) is 14.0. The minimum atomic E-state index is -4.83. The van der Waals surface area contributed by atoms with Gasteiger partial charge < -0.3 is 25.4 Å². The number of benzene rings is 1. The van der Waals surface area contributed by atoms with E-state index >= 15 is 0 Å². The Morgan fingerprint density at radius 3 is 2.47 bits per heavy atom. The Morgan fingerprint density at radius 1 is 1.13 bits per heavy atom. The normalized spacial score (nSPS) is 20.7. The molecule has 1 aliphatic heterocycles. The van der Waals surface area contributed by atoms with Gasteiger partial charge in [-0.3, -0.25) is 4.90 Å². The fourth-order valence-electron chi connectivity index (χ4n) is 5.25. The van der Waals surface area contributed by atoms with Crippen molar-refractivity contribution in [2.75, 3.05) is 55.1 Å². The van der Waals surface area contributed by atoms with Gasteiger partial charge in [-0.1, -0.05) is 24.4 Å². The number of halogens is 7. The number of aliphatic hydroxyl groups excluding tert-OH is 1. The molecule has 4 N–H and O–H groups in total. The summed E-state index contributed by atoms with van der Waals surface area (Å²) in [5.74, 6) is -0.145.